The molecule has 2 aromatic rings. The number of carbonyl (C=O) groups excluding carboxylic acids is 1. The highest BCUT2D eigenvalue weighted by Crippen LogP contribution is 2.30. The lowest BCUT2D eigenvalue weighted by Gasteiger charge is -2.32. The number of ether oxygens (including phenoxy) is 1. The maximum Gasteiger partial charge on any atom is 0.255 e. The zero-order chi connectivity index (χ0) is 19.2. The van der Waals surface area contributed by atoms with Gasteiger partial charge in [-0.05, 0) is 44.0 Å². The fourth-order valence-corrected chi connectivity index (χ4v) is 3.79. The van der Waals surface area contributed by atoms with Crippen LogP contribution in [0.4, 0.5) is 0 Å². The second-order valence-electron chi connectivity index (χ2n) is 7.04. The number of rotatable bonds is 7. The van der Waals surface area contributed by atoms with Crippen LogP contribution in [0, 0.1) is 0 Å². The molecule has 3 rings (SSSR count). The number of aromatic nitrogens is 1. The molecule has 0 radical (unpaired) electrons. The Morgan fingerprint density at radius 3 is 2.59 bits per heavy atom. The Hall–Kier alpha value is -1.98. The van der Waals surface area contributed by atoms with Gasteiger partial charge in [0.25, 0.3) is 5.91 Å². The van der Waals surface area contributed by atoms with Gasteiger partial charge in [0.15, 0.2) is 0 Å². The van der Waals surface area contributed by atoms with Crippen molar-refractivity contribution in [2.75, 3.05) is 26.7 Å². The molecule has 1 aromatic heterocycles. The molecule has 1 saturated heterocycles. The first kappa shape index (κ1) is 19.8. The van der Waals surface area contributed by atoms with E-state index in [9.17, 15) is 4.79 Å². The van der Waals surface area contributed by atoms with Crippen molar-refractivity contribution in [3.8, 4) is 11.4 Å². The highest BCUT2D eigenvalue weighted by atomic mass is 35.5. The maximum absolute atomic E-state index is 12.8. The van der Waals surface area contributed by atoms with E-state index in [2.05, 4.69) is 17.1 Å². The number of piperidine rings is 1. The molecule has 27 heavy (non-hydrogen) atoms. The van der Waals surface area contributed by atoms with E-state index in [1.807, 2.05) is 35.2 Å². The van der Waals surface area contributed by atoms with E-state index in [4.69, 9.17) is 16.3 Å². The summed E-state index contributed by atoms with van der Waals surface area (Å²) in [5.74, 6) is 0.404. The Morgan fingerprint density at radius 2 is 1.96 bits per heavy atom. The monoisotopic (exact) mass is 389 g/mol. The van der Waals surface area contributed by atoms with Crippen LogP contribution in [0.3, 0.4) is 0 Å². The summed E-state index contributed by atoms with van der Waals surface area (Å²) in [5, 5.41) is 3.68. The first-order valence-electron chi connectivity index (χ1n) is 9.66. The molecule has 5 nitrogen and oxygen atoms in total. The van der Waals surface area contributed by atoms with Crippen molar-refractivity contribution in [3.63, 3.8) is 0 Å². The minimum absolute atomic E-state index is 0.125. The van der Waals surface area contributed by atoms with E-state index < -0.39 is 0 Å². The van der Waals surface area contributed by atoms with Crippen LogP contribution in [0.25, 0.3) is 5.69 Å². The summed E-state index contributed by atoms with van der Waals surface area (Å²) >= 11 is 6.44. The number of carbonyl (C=O) groups is 1. The second-order valence-corrected chi connectivity index (χ2v) is 7.44. The number of methoxy groups -OCH3 is 1. The van der Waals surface area contributed by atoms with Gasteiger partial charge in [0, 0.05) is 37.6 Å². The van der Waals surface area contributed by atoms with Gasteiger partial charge in [0.1, 0.15) is 5.75 Å². The van der Waals surface area contributed by atoms with Gasteiger partial charge < -0.3 is 19.5 Å². The Balaban J connectivity index is 1.67. The molecule has 0 unspecified atom stereocenters. The number of hydrogen-bond acceptors (Lipinski definition) is 3. The third-order valence-corrected chi connectivity index (χ3v) is 5.45. The van der Waals surface area contributed by atoms with Crippen molar-refractivity contribution in [1.82, 2.24) is 14.8 Å². The molecular weight excluding hydrogens is 362 g/mol. The van der Waals surface area contributed by atoms with E-state index >= 15 is 0 Å². The van der Waals surface area contributed by atoms with Crippen molar-refractivity contribution in [2.45, 2.75) is 38.6 Å². The average Bonchev–Trinajstić information content (AvgIpc) is 3.21. The zero-order valence-electron chi connectivity index (χ0n) is 16.1. The lowest BCUT2D eigenvalue weighted by Crippen LogP contribution is -2.44. The Kier molecular flexibility index (Phi) is 6.80. The third kappa shape index (κ3) is 4.85. The van der Waals surface area contributed by atoms with E-state index in [0.717, 1.165) is 38.2 Å². The molecule has 0 bridgehead atoms. The standard InChI is InChI=1S/C21H28ClN3O2/c1-3-4-9-24-12-7-16(8-13-24)23-21(26)17-14-18(22)19(15-20(17)27-2)25-10-5-6-11-25/h5-6,10-11,14-16H,3-4,7-9,12-13H2,1-2H3,(H,23,26). The summed E-state index contributed by atoms with van der Waals surface area (Å²) in [4.78, 5) is 15.3. The lowest BCUT2D eigenvalue weighted by atomic mass is 10.0. The van der Waals surface area contributed by atoms with Gasteiger partial charge in [-0.3, -0.25) is 4.79 Å². The van der Waals surface area contributed by atoms with E-state index in [0.29, 0.717) is 16.3 Å². The first-order valence-corrected chi connectivity index (χ1v) is 10.0. The summed E-state index contributed by atoms with van der Waals surface area (Å²) in [5.41, 5.74) is 1.27. The number of hydrogen-bond donors (Lipinski definition) is 1. The van der Waals surface area contributed by atoms with Gasteiger partial charge in [0.05, 0.1) is 23.4 Å². The Labute approximate surface area is 166 Å². The normalized spacial score (nSPS) is 15.7. The minimum atomic E-state index is -0.125. The van der Waals surface area contributed by atoms with Crippen molar-refractivity contribution in [2.24, 2.45) is 0 Å². The fourth-order valence-electron chi connectivity index (χ4n) is 3.53. The number of amides is 1. The topological polar surface area (TPSA) is 46.5 Å². The number of nitrogens with zero attached hydrogens (tertiary/aromatic N) is 2. The predicted octanol–water partition coefficient (Wildman–Crippen LogP) is 4.13. The number of likely N-dealkylation sites (tertiary alicyclic amines) is 1. The van der Waals surface area contributed by atoms with Gasteiger partial charge in [-0.2, -0.15) is 0 Å². The minimum Gasteiger partial charge on any atom is -0.496 e. The van der Waals surface area contributed by atoms with Crippen LogP contribution >= 0.6 is 11.6 Å². The van der Waals surface area contributed by atoms with Crippen molar-refractivity contribution >= 4 is 17.5 Å². The predicted molar refractivity (Wildman–Crippen MR) is 109 cm³/mol. The van der Waals surface area contributed by atoms with E-state index in [1.165, 1.54) is 12.8 Å². The Bertz CT molecular complexity index is 753. The van der Waals surface area contributed by atoms with Gasteiger partial charge in [0.2, 0.25) is 0 Å². The molecule has 1 N–H and O–H groups in total. The number of halogens is 1. The molecular formula is C21H28ClN3O2. The van der Waals surface area contributed by atoms with Crippen molar-refractivity contribution < 1.29 is 9.53 Å². The van der Waals surface area contributed by atoms with Gasteiger partial charge in [-0.15, -0.1) is 0 Å². The van der Waals surface area contributed by atoms with E-state index in [-0.39, 0.29) is 11.9 Å². The number of benzene rings is 1. The molecule has 1 aromatic carbocycles. The van der Waals surface area contributed by atoms with Crippen LogP contribution in [0.2, 0.25) is 5.02 Å². The van der Waals surface area contributed by atoms with Gasteiger partial charge in [-0.25, -0.2) is 0 Å². The lowest BCUT2D eigenvalue weighted by molar-refractivity contribution is 0.0908. The zero-order valence-corrected chi connectivity index (χ0v) is 16.8. The maximum atomic E-state index is 12.8. The highest BCUT2D eigenvalue weighted by Gasteiger charge is 2.23. The number of nitrogens with one attached hydrogen (secondary N) is 1. The smallest absolute Gasteiger partial charge is 0.255 e. The largest absolute Gasteiger partial charge is 0.496 e. The summed E-state index contributed by atoms with van der Waals surface area (Å²) < 4.78 is 7.37. The molecule has 0 aliphatic carbocycles. The Morgan fingerprint density at radius 1 is 1.26 bits per heavy atom. The SMILES string of the molecule is CCCCN1CCC(NC(=O)c2cc(Cl)c(-n3cccc3)cc2OC)CC1. The highest BCUT2D eigenvalue weighted by molar-refractivity contribution is 6.33. The molecule has 6 heteroatoms. The van der Waals surface area contributed by atoms with Crippen LogP contribution in [0.5, 0.6) is 5.75 Å². The van der Waals surface area contributed by atoms with Crippen LogP contribution in [-0.4, -0.2) is 48.2 Å². The first-order chi connectivity index (χ1) is 13.1. The molecule has 2 heterocycles. The molecule has 0 spiro atoms. The third-order valence-electron chi connectivity index (χ3n) is 5.15. The molecule has 0 atom stereocenters. The van der Waals surface area contributed by atoms with Crippen LogP contribution < -0.4 is 10.1 Å². The summed E-state index contributed by atoms with van der Waals surface area (Å²) in [7, 11) is 1.58. The van der Waals surface area contributed by atoms with E-state index in [1.54, 1.807) is 13.2 Å². The quantitative estimate of drug-likeness (QED) is 0.774. The summed E-state index contributed by atoms with van der Waals surface area (Å²) in [6.45, 7) is 5.44. The molecule has 1 amide bonds. The molecule has 0 saturated carbocycles. The van der Waals surface area contributed by atoms with Gasteiger partial charge in [-0.1, -0.05) is 24.9 Å². The van der Waals surface area contributed by atoms with Crippen LogP contribution in [-0.2, 0) is 0 Å². The molecule has 1 aliphatic heterocycles. The molecule has 1 aliphatic rings. The summed E-state index contributed by atoms with van der Waals surface area (Å²) in [6.07, 6.45) is 8.23. The number of unbranched alkanes of at least 4 members (excludes halogenated alkanes) is 1. The van der Waals surface area contributed by atoms with Crippen molar-refractivity contribution in [3.05, 3.63) is 47.2 Å². The van der Waals surface area contributed by atoms with Crippen molar-refractivity contribution in [1.29, 1.82) is 0 Å². The summed E-state index contributed by atoms with van der Waals surface area (Å²) in [6, 6.07) is 7.56. The molecule has 1 fully saturated rings. The van der Waals surface area contributed by atoms with Crippen LogP contribution in [0.1, 0.15) is 43.0 Å². The average molecular weight is 390 g/mol. The fraction of sp³-hybridized carbons (Fsp3) is 0.476. The molecule has 146 valence electrons. The van der Waals surface area contributed by atoms with Gasteiger partial charge >= 0.3 is 0 Å². The second kappa shape index (κ2) is 9.29. The van der Waals surface area contributed by atoms with Crippen LogP contribution in [0.15, 0.2) is 36.7 Å².